The molecule has 2 heterocycles. The molecule has 25 heavy (non-hydrogen) atoms. The Kier molecular flexibility index (Phi) is 4.96. The molecule has 0 saturated heterocycles. The normalized spacial score (nSPS) is 10.7. The third kappa shape index (κ3) is 3.94. The summed E-state index contributed by atoms with van der Waals surface area (Å²) in [5, 5.41) is 3.08. The number of benzene rings is 1. The van der Waals surface area contributed by atoms with E-state index in [1.807, 2.05) is 0 Å². The highest BCUT2D eigenvalue weighted by atomic mass is 35.5. The fourth-order valence-corrected chi connectivity index (χ4v) is 3.37. The molecule has 3 aromatic rings. The molecule has 0 aliphatic rings. The molecule has 128 valence electrons. The van der Waals surface area contributed by atoms with E-state index in [2.05, 4.69) is 10.3 Å². The topological polar surface area (TPSA) is 64.0 Å². The minimum atomic E-state index is -0.391. The first-order chi connectivity index (χ1) is 11.9. The molecule has 0 aliphatic carbocycles. The molecule has 3 rings (SSSR count). The number of amides is 1. The van der Waals surface area contributed by atoms with Crippen molar-refractivity contribution in [1.82, 2.24) is 9.55 Å². The highest BCUT2D eigenvalue weighted by molar-refractivity contribution is 7.09. The van der Waals surface area contributed by atoms with Crippen LogP contribution in [0.5, 0.6) is 0 Å². The largest absolute Gasteiger partial charge is 0.309 e. The Morgan fingerprint density at radius 3 is 2.64 bits per heavy atom. The van der Waals surface area contributed by atoms with Crippen molar-refractivity contribution in [2.45, 2.75) is 13.5 Å². The van der Waals surface area contributed by atoms with Gasteiger partial charge in [0.2, 0.25) is 5.91 Å². The molecule has 5 nitrogen and oxygen atoms in total. The summed E-state index contributed by atoms with van der Waals surface area (Å²) in [7, 11) is 0. The van der Waals surface area contributed by atoms with E-state index >= 15 is 0 Å². The number of anilines is 1. The molecule has 0 aliphatic heterocycles. The van der Waals surface area contributed by atoms with Gasteiger partial charge in [0.15, 0.2) is 0 Å². The second-order valence-electron chi connectivity index (χ2n) is 5.28. The first kappa shape index (κ1) is 17.3. The summed E-state index contributed by atoms with van der Waals surface area (Å²) in [4.78, 5) is 29.0. The van der Waals surface area contributed by atoms with E-state index in [-0.39, 0.29) is 17.2 Å². The predicted molar refractivity (Wildman–Crippen MR) is 96.6 cm³/mol. The van der Waals surface area contributed by atoms with E-state index in [9.17, 15) is 14.0 Å². The number of carbonyl (C=O) groups is 1. The van der Waals surface area contributed by atoms with Crippen molar-refractivity contribution in [2.75, 3.05) is 5.32 Å². The third-order valence-electron chi connectivity index (χ3n) is 3.48. The standard InChI is InChI=1S/C17H13ClFN3O2S/c1-10-16(11-2-5-13(19)6-3-11)22(17(24)25-10)9-15(23)21-14-7-4-12(18)8-20-14/h2-8H,9H2,1H3,(H,20,21,23). The average Bonchev–Trinajstić information content (AvgIpc) is 2.84. The van der Waals surface area contributed by atoms with Crippen molar-refractivity contribution in [3.05, 3.63) is 68.0 Å². The Labute approximate surface area is 151 Å². The molecule has 1 N–H and O–H groups in total. The number of hydrogen-bond donors (Lipinski definition) is 1. The summed E-state index contributed by atoms with van der Waals surface area (Å²) < 4.78 is 14.5. The van der Waals surface area contributed by atoms with Gasteiger partial charge in [0.05, 0.1) is 10.7 Å². The predicted octanol–water partition coefficient (Wildman–Crippen LogP) is 3.71. The zero-order valence-electron chi connectivity index (χ0n) is 13.1. The van der Waals surface area contributed by atoms with Gasteiger partial charge in [-0.25, -0.2) is 9.37 Å². The van der Waals surface area contributed by atoms with Crippen LogP contribution in [0.1, 0.15) is 4.88 Å². The molecule has 1 aromatic carbocycles. The van der Waals surface area contributed by atoms with Gasteiger partial charge in [-0.05, 0) is 48.9 Å². The van der Waals surface area contributed by atoms with Crippen LogP contribution in [0, 0.1) is 12.7 Å². The Morgan fingerprint density at radius 1 is 1.28 bits per heavy atom. The number of hydrogen-bond acceptors (Lipinski definition) is 4. The molecule has 0 fully saturated rings. The van der Waals surface area contributed by atoms with Crippen molar-refractivity contribution >= 4 is 34.7 Å². The molecule has 0 bridgehead atoms. The van der Waals surface area contributed by atoms with Crippen molar-refractivity contribution in [2.24, 2.45) is 0 Å². The zero-order chi connectivity index (χ0) is 18.0. The van der Waals surface area contributed by atoms with Gasteiger partial charge in [0, 0.05) is 11.1 Å². The second kappa shape index (κ2) is 7.16. The molecule has 0 atom stereocenters. The Hall–Kier alpha value is -2.51. The summed E-state index contributed by atoms with van der Waals surface area (Å²) in [6.45, 7) is 1.63. The number of thiazole rings is 1. The number of pyridine rings is 1. The quantitative estimate of drug-likeness (QED) is 0.753. The van der Waals surface area contributed by atoms with E-state index < -0.39 is 5.91 Å². The van der Waals surface area contributed by atoms with Crippen molar-refractivity contribution < 1.29 is 9.18 Å². The SMILES string of the molecule is Cc1sc(=O)n(CC(=O)Nc2ccc(Cl)cn2)c1-c1ccc(F)cc1. The van der Waals surface area contributed by atoms with Gasteiger partial charge >= 0.3 is 4.87 Å². The summed E-state index contributed by atoms with van der Waals surface area (Å²) in [6, 6.07) is 8.98. The van der Waals surface area contributed by atoms with Gasteiger partial charge in [-0.3, -0.25) is 14.2 Å². The van der Waals surface area contributed by atoms with Gasteiger partial charge in [0.1, 0.15) is 18.2 Å². The molecule has 1 amide bonds. The molecule has 0 unspecified atom stereocenters. The van der Waals surface area contributed by atoms with Crippen LogP contribution in [0.25, 0.3) is 11.3 Å². The number of aromatic nitrogens is 2. The third-order valence-corrected chi connectivity index (χ3v) is 4.60. The van der Waals surface area contributed by atoms with E-state index in [1.54, 1.807) is 31.2 Å². The van der Waals surface area contributed by atoms with Gasteiger partial charge in [-0.15, -0.1) is 0 Å². The zero-order valence-corrected chi connectivity index (χ0v) is 14.7. The van der Waals surface area contributed by atoms with Crippen LogP contribution in [0.4, 0.5) is 10.2 Å². The fourth-order valence-electron chi connectivity index (χ4n) is 2.40. The lowest BCUT2D eigenvalue weighted by Gasteiger charge is -2.09. The van der Waals surface area contributed by atoms with Crippen LogP contribution in [-0.2, 0) is 11.3 Å². The summed E-state index contributed by atoms with van der Waals surface area (Å²) in [5.74, 6) is -0.409. The van der Waals surface area contributed by atoms with E-state index in [0.717, 1.165) is 16.2 Å². The molecule has 0 spiro atoms. The molecule has 0 radical (unpaired) electrons. The Bertz CT molecular complexity index is 965. The summed E-state index contributed by atoms with van der Waals surface area (Å²) in [6.07, 6.45) is 1.42. The van der Waals surface area contributed by atoms with Crippen LogP contribution in [-0.4, -0.2) is 15.5 Å². The summed E-state index contributed by atoms with van der Waals surface area (Å²) >= 11 is 6.80. The molecular weight excluding hydrogens is 365 g/mol. The lowest BCUT2D eigenvalue weighted by molar-refractivity contribution is -0.116. The average molecular weight is 378 g/mol. The van der Waals surface area contributed by atoms with E-state index in [0.29, 0.717) is 22.1 Å². The lowest BCUT2D eigenvalue weighted by Crippen LogP contribution is -2.25. The minimum Gasteiger partial charge on any atom is -0.309 e. The van der Waals surface area contributed by atoms with Gasteiger partial charge in [0.25, 0.3) is 0 Å². The summed E-state index contributed by atoms with van der Waals surface area (Å²) in [5.41, 5.74) is 1.28. The van der Waals surface area contributed by atoms with Crippen molar-refractivity contribution in [3.63, 3.8) is 0 Å². The number of halogens is 2. The first-order valence-electron chi connectivity index (χ1n) is 7.31. The van der Waals surface area contributed by atoms with Crippen LogP contribution in [0.15, 0.2) is 47.4 Å². The maximum absolute atomic E-state index is 13.1. The highest BCUT2D eigenvalue weighted by Crippen LogP contribution is 2.25. The molecule has 2 aromatic heterocycles. The lowest BCUT2D eigenvalue weighted by atomic mass is 10.1. The second-order valence-corrected chi connectivity index (χ2v) is 6.88. The monoisotopic (exact) mass is 377 g/mol. The molecule has 8 heteroatoms. The maximum atomic E-state index is 13.1. The highest BCUT2D eigenvalue weighted by Gasteiger charge is 2.16. The van der Waals surface area contributed by atoms with Crippen LogP contribution in [0.2, 0.25) is 5.02 Å². The Morgan fingerprint density at radius 2 is 2.00 bits per heavy atom. The Balaban J connectivity index is 1.87. The number of carbonyl (C=O) groups excluding carboxylic acids is 1. The van der Waals surface area contributed by atoms with Crippen LogP contribution >= 0.6 is 22.9 Å². The van der Waals surface area contributed by atoms with Crippen molar-refractivity contribution in [1.29, 1.82) is 0 Å². The van der Waals surface area contributed by atoms with E-state index in [1.165, 1.54) is 22.9 Å². The number of nitrogens with zero attached hydrogens (tertiary/aromatic N) is 2. The fraction of sp³-hybridized carbons (Fsp3) is 0.118. The van der Waals surface area contributed by atoms with Crippen molar-refractivity contribution in [3.8, 4) is 11.3 Å². The number of nitrogens with one attached hydrogen (secondary N) is 1. The van der Waals surface area contributed by atoms with Gasteiger partial charge in [-0.2, -0.15) is 0 Å². The van der Waals surface area contributed by atoms with Crippen LogP contribution in [0.3, 0.4) is 0 Å². The molecule has 0 saturated carbocycles. The van der Waals surface area contributed by atoms with Gasteiger partial charge in [-0.1, -0.05) is 22.9 Å². The smallest absolute Gasteiger partial charge is 0.308 e. The first-order valence-corrected chi connectivity index (χ1v) is 8.51. The maximum Gasteiger partial charge on any atom is 0.308 e. The van der Waals surface area contributed by atoms with Crippen LogP contribution < -0.4 is 10.2 Å². The molecular formula is C17H13ClFN3O2S. The van der Waals surface area contributed by atoms with E-state index in [4.69, 9.17) is 11.6 Å². The number of aryl methyl sites for hydroxylation is 1. The minimum absolute atomic E-state index is 0.166. The van der Waals surface area contributed by atoms with Gasteiger partial charge < -0.3 is 5.32 Å². The number of rotatable bonds is 4.